The van der Waals surface area contributed by atoms with Crippen molar-refractivity contribution in [2.75, 3.05) is 0 Å². The van der Waals surface area contributed by atoms with Crippen molar-refractivity contribution in [3.05, 3.63) is 57.3 Å². The zero-order valence-electron chi connectivity index (χ0n) is 13.4. The van der Waals surface area contributed by atoms with E-state index >= 15 is 0 Å². The fourth-order valence-corrected chi connectivity index (χ4v) is 4.82. The number of carbonyl (C=O) groups is 2. The lowest BCUT2D eigenvalue weighted by atomic mass is 9.93. The minimum atomic E-state index is -0.914. The standard InChI is InChI=1S/C19H19NO3S/c1-11-6-7-24-17(11)14-9-15(14)18(21)20-10-13-5-3-2-4-12(13)8-16(20)19(22)23/h2-7,14-16H,8-10H2,1H3,(H,22,23)/t14-,15+,16-/m1/s1. The van der Waals surface area contributed by atoms with E-state index in [1.165, 1.54) is 10.4 Å². The minimum absolute atomic E-state index is 0.00490. The Balaban J connectivity index is 1.57. The first-order valence-corrected chi connectivity index (χ1v) is 9.08. The molecule has 0 radical (unpaired) electrons. The number of thiophene rings is 1. The maximum absolute atomic E-state index is 13.0. The van der Waals surface area contributed by atoms with Crippen LogP contribution in [0.1, 0.15) is 33.9 Å². The van der Waals surface area contributed by atoms with Gasteiger partial charge >= 0.3 is 5.97 Å². The molecule has 4 nitrogen and oxygen atoms in total. The molecule has 1 aliphatic carbocycles. The lowest BCUT2D eigenvalue weighted by Gasteiger charge is -2.34. The summed E-state index contributed by atoms with van der Waals surface area (Å²) < 4.78 is 0. The van der Waals surface area contributed by atoms with Gasteiger partial charge in [-0.2, -0.15) is 0 Å². The average Bonchev–Trinajstić information content (AvgIpc) is 3.26. The number of nitrogens with zero attached hydrogens (tertiary/aromatic N) is 1. The quantitative estimate of drug-likeness (QED) is 0.933. The topological polar surface area (TPSA) is 57.6 Å². The second-order valence-corrected chi connectivity index (χ2v) is 7.66. The fourth-order valence-electron chi connectivity index (χ4n) is 3.71. The number of carboxylic acid groups (broad SMARTS) is 1. The summed E-state index contributed by atoms with van der Waals surface area (Å²) in [5, 5.41) is 11.6. The molecule has 0 unspecified atom stereocenters. The first-order valence-electron chi connectivity index (χ1n) is 8.20. The molecule has 0 bridgehead atoms. The minimum Gasteiger partial charge on any atom is -0.480 e. The Kier molecular flexibility index (Phi) is 3.68. The number of carbonyl (C=O) groups excluding carboxylic acids is 1. The summed E-state index contributed by atoms with van der Waals surface area (Å²) in [5.74, 6) is -0.712. The highest BCUT2D eigenvalue weighted by Gasteiger charge is 2.49. The van der Waals surface area contributed by atoms with Crippen LogP contribution in [0.3, 0.4) is 0 Å². The van der Waals surface area contributed by atoms with Gasteiger partial charge < -0.3 is 10.0 Å². The van der Waals surface area contributed by atoms with Crippen LogP contribution in [0.5, 0.6) is 0 Å². The summed E-state index contributed by atoms with van der Waals surface area (Å²) in [6.45, 7) is 2.47. The van der Waals surface area contributed by atoms with Crippen LogP contribution in [0.2, 0.25) is 0 Å². The van der Waals surface area contributed by atoms with Gasteiger partial charge in [0.2, 0.25) is 5.91 Å². The molecule has 5 heteroatoms. The summed E-state index contributed by atoms with van der Waals surface area (Å²) >= 11 is 1.70. The van der Waals surface area contributed by atoms with Gasteiger partial charge in [-0.15, -0.1) is 11.3 Å². The van der Waals surface area contributed by atoms with Gasteiger partial charge in [0.1, 0.15) is 6.04 Å². The molecule has 0 saturated heterocycles. The van der Waals surface area contributed by atoms with Crippen molar-refractivity contribution >= 4 is 23.2 Å². The van der Waals surface area contributed by atoms with Crippen molar-refractivity contribution < 1.29 is 14.7 Å². The van der Waals surface area contributed by atoms with Crippen LogP contribution in [0.4, 0.5) is 0 Å². The Hall–Kier alpha value is -2.14. The van der Waals surface area contributed by atoms with E-state index in [0.717, 1.165) is 17.5 Å². The van der Waals surface area contributed by atoms with E-state index in [2.05, 4.69) is 18.4 Å². The Morgan fingerprint density at radius 1 is 1.21 bits per heavy atom. The maximum Gasteiger partial charge on any atom is 0.326 e. The highest BCUT2D eigenvalue weighted by atomic mass is 32.1. The van der Waals surface area contributed by atoms with Crippen molar-refractivity contribution in [3.63, 3.8) is 0 Å². The van der Waals surface area contributed by atoms with Gasteiger partial charge in [0.15, 0.2) is 0 Å². The van der Waals surface area contributed by atoms with Crippen molar-refractivity contribution in [1.82, 2.24) is 4.90 Å². The molecule has 1 aromatic heterocycles. The lowest BCUT2D eigenvalue weighted by Crippen LogP contribution is -2.49. The number of hydrogen-bond donors (Lipinski definition) is 1. The van der Waals surface area contributed by atoms with Crippen LogP contribution < -0.4 is 0 Å². The van der Waals surface area contributed by atoms with Crippen LogP contribution in [-0.2, 0) is 22.6 Å². The zero-order valence-corrected chi connectivity index (χ0v) is 14.3. The summed E-state index contributed by atoms with van der Waals surface area (Å²) in [4.78, 5) is 27.5. The second-order valence-electron chi connectivity index (χ2n) is 6.71. The van der Waals surface area contributed by atoms with E-state index in [4.69, 9.17) is 0 Å². The SMILES string of the molecule is Cc1ccsc1[C@@H]1C[C@@H]1C(=O)N1Cc2ccccc2C[C@@H]1C(=O)O. The Bertz CT molecular complexity index is 812. The number of aryl methyl sites for hydroxylation is 1. The number of fused-ring (bicyclic) bond motifs is 1. The summed E-state index contributed by atoms with van der Waals surface area (Å²) in [6, 6.07) is 9.14. The predicted molar refractivity (Wildman–Crippen MR) is 92.0 cm³/mol. The monoisotopic (exact) mass is 341 g/mol. The van der Waals surface area contributed by atoms with Crippen molar-refractivity contribution in [1.29, 1.82) is 0 Å². The number of carboxylic acids is 1. The van der Waals surface area contributed by atoms with E-state index in [-0.39, 0.29) is 17.7 Å². The first-order chi connectivity index (χ1) is 11.6. The number of rotatable bonds is 3. The number of benzene rings is 1. The van der Waals surface area contributed by atoms with Gasteiger partial charge in [0.25, 0.3) is 0 Å². The molecule has 124 valence electrons. The lowest BCUT2D eigenvalue weighted by molar-refractivity contribution is -0.152. The van der Waals surface area contributed by atoms with Crippen LogP contribution in [-0.4, -0.2) is 27.9 Å². The molecule has 24 heavy (non-hydrogen) atoms. The third-order valence-electron chi connectivity index (χ3n) is 5.16. The van der Waals surface area contributed by atoms with Gasteiger partial charge in [0.05, 0.1) is 0 Å². The Labute approximate surface area is 144 Å². The number of amides is 1. The predicted octanol–water partition coefficient (Wildman–Crippen LogP) is 3.20. The largest absolute Gasteiger partial charge is 0.480 e. The summed E-state index contributed by atoms with van der Waals surface area (Å²) in [6.07, 6.45) is 1.23. The molecule has 1 amide bonds. The van der Waals surface area contributed by atoms with E-state index in [9.17, 15) is 14.7 Å². The molecule has 1 fully saturated rings. The summed E-state index contributed by atoms with van der Waals surface area (Å²) in [5.41, 5.74) is 3.34. The molecule has 1 aromatic carbocycles. The normalized spacial score (nSPS) is 25.2. The van der Waals surface area contributed by atoms with E-state index in [1.54, 1.807) is 16.2 Å². The third-order valence-corrected chi connectivity index (χ3v) is 6.31. The molecular formula is C19H19NO3S. The second kappa shape index (κ2) is 5.74. The molecule has 1 aliphatic heterocycles. The third kappa shape index (κ3) is 2.53. The molecule has 2 aromatic rings. The molecule has 2 heterocycles. The van der Waals surface area contributed by atoms with Crippen molar-refractivity contribution in [2.45, 2.75) is 38.3 Å². The Morgan fingerprint density at radius 2 is 1.96 bits per heavy atom. The maximum atomic E-state index is 13.0. The van der Waals surface area contributed by atoms with Gasteiger partial charge in [-0.25, -0.2) is 4.79 Å². The van der Waals surface area contributed by atoms with Crippen LogP contribution >= 0.6 is 11.3 Å². The van der Waals surface area contributed by atoms with Gasteiger partial charge in [0, 0.05) is 29.7 Å². The van der Waals surface area contributed by atoms with Crippen molar-refractivity contribution in [2.24, 2.45) is 5.92 Å². The molecule has 1 N–H and O–H groups in total. The molecule has 4 rings (SSSR count). The number of hydrogen-bond acceptors (Lipinski definition) is 3. The molecule has 3 atom stereocenters. The van der Waals surface area contributed by atoms with Gasteiger partial charge in [-0.1, -0.05) is 24.3 Å². The van der Waals surface area contributed by atoms with Gasteiger partial charge in [-0.3, -0.25) is 4.79 Å². The molecule has 0 spiro atoms. The number of aliphatic carboxylic acids is 1. The van der Waals surface area contributed by atoms with Crippen LogP contribution in [0.25, 0.3) is 0 Å². The van der Waals surface area contributed by atoms with Crippen LogP contribution in [0, 0.1) is 12.8 Å². The fraction of sp³-hybridized carbons (Fsp3) is 0.368. The average molecular weight is 341 g/mol. The highest BCUT2D eigenvalue weighted by molar-refractivity contribution is 7.10. The van der Waals surface area contributed by atoms with E-state index in [0.29, 0.717) is 13.0 Å². The zero-order chi connectivity index (χ0) is 16.8. The molecule has 1 saturated carbocycles. The smallest absolute Gasteiger partial charge is 0.326 e. The summed E-state index contributed by atoms with van der Waals surface area (Å²) in [7, 11) is 0. The van der Waals surface area contributed by atoms with Crippen molar-refractivity contribution in [3.8, 4) is 0 Å². The molecular weight excluding hydrogens is 322 g/mol. The van der Waals surface area contributed by atoms with Crippen LogP contribution in [0.15, 0.2) is 35.7 Å². The van der Waals surface area contributed by atoms with E-state index in [1.807, 2.05) is 24.3 Å². The first kappa shape index (κ1) is 15.4. The van der Waals surface area contributed by atoms with E-state index < -0.39 is 12.0 Å². The van der Waals surface area contributed by atoms with Gasteiger partial charge in [-0.05, 0) is 41.5 Å². The highest BCUT2D eigenvalue weighted by Crippen LogP contribution is 2.51. The Morgan fingerprint density at radius 3 is 2.62 bits per heavy atom. The molecule has 2 aliphatic rings.